The molecular formula is C15H13N3O3. The van der Waals surface area contributed by atoms with E-state index < -0.39 is 11.9 Å². The van der Waals surface area contributed by atoms with E-state index in [1.54, 1.807) is 6.07 Å². The van der Waals surface area contributed by atoms with Gasteiger partial charge in [0, 0.05) is 12.2 Å². The highest BCUT2D eigenvalue weighted by atomic mass is 16.4. The summed E-state index contributed by atoms with van der Waals surface area (Å²) in [7, 11) is 0. The summed E-state index contributed by atoms with van der Waals surface area (Å²) >= 11 is 0. The van der Waals surface area contributed by atoms with Gasteiger partial charge in [0.25, 0.3) is 5.91 Å². The minimum absolute atomic E-state index is 0.160. The van der Waals surface area contributed by atoms with Crippen LogP contribution in [0, 0.1) is 5.92 Å². The van der Waals surface area contributed by atoms with Crippen LogP contribution < -0.4 is 4.90 Å². The average molecular weight is 283 g/mol. The summed E-state index contributed by atoms with van der Waals surface area (Å²) in [5.74, 6) is -1.75. The number of aliphatic carboxylic acids is 1. The molecular weight excluding hydrogens is 270 g/mol. The van der Waals surface area contributed by atoms with Crippen molar-refractivity contribution in [1.82, 2.24) is 10.2 Å². The van der Waals surface area contributed by atoms with Crippen molar-refractivity contribution in [2.75, 3.05) is 11.4 Å². The Morgan fingerprint density at radius 1 is 1.19 bits per heavy atom. The Morgan fingerprint density at radius 3 is 2.71 bits per heavy atom. The van der Waals surface area contributed by atoms with Gasteiger partial charge < -0.3 is 10.0 Å². The number of fused-ring (bicyclic) bond motifs is 1. The Bertz CT molecular complexity index is 688. The zero-order chi connectivity index (χ0) is 14.8. The van der Waals surface area contributed by atoms with E-state index in [9.17, 15) is 14.7 Å². The molecule has 1 unspecified atom stereocenters. The van der Waals surface area contributed by atoms with Gasteiger partial charge in [-0.1, -0.05) is 18.2 Å². The van der Waals surface area contributed by atoms with Gasteiger partial charge in [-0.25, -0.2) is 0 Å². The fourth-order valence-electron chi connectivity index (χ4n) is 2.53. The third-order valence-electron chi connectivity index (χ3n) is 3.58. The summed E-state index contributed by atoms with van der Waals surface area (Å²) in [4.78, 5) is 25.4. The number of anilines is 1. The van der Waals surface area contributed by atoms with Crippen LogP contribution in [-0.4, -0.2) is 33.7 Å². The van der Waals surface area contributed by atoms with Gasteiger partial charge >= 0.3 is 5.97 Å². The average Bonchev–Trinajstić information content (AvgIpc) is 2.54. The summed E-state index contributed by atoms with van der Waals surface area (Å²) < 4.78 is 0. The Morgan fingerprint density at radius 2 is 2.00 bits per heavy atom. The first-order valence-electron chi connectivity index (χ1n) is 6.56. The summed E-state index contributed by atoms with van der Waals surface area (Å²) in [6.45, 7) is 0.160. The number of nitrogens with zero attached hydrogens (tertiary/aromatic N) is 3. The molecule has 2 aromatic rings. The Hall–Kier alpha value is -2.76. The number of carboxylic acid groups (broad SMARTS) is 1. The molecule has 0 bridgehead atoms. The van der Waals surface area contributed by atoms with Gasteiger partial charge in [-0.15, -0.1) is 0 Å². The first kappa shape index (κ1) is 13.2. The number of hydrogen-bond donors (Lipinski definition) is 1. The van der Waals surface area contributed by atoms with E-state index in [0.29, 0.717) is 12.0 Å². The van der Waals surface area contributed by atoms with Crippen molar-refractivity contribution in [3.05, 3.63) is 53.9 Å². The maximum atomic E-state index is 12.6. The Kier molecular flexibility index (Phi) is 3.35. The molecule has 0 radical (unpaired) electrons. The molecule has 1 aliphatic heterocycles. The number of amides is 1. The molecule has 6 heteroatoms. The molecule has 0 saturated carbocycles. The number of carbonyl (C=O) groups excluding carboxylic acids is 1. The number of rotatable bonds is 2. The molecule has 1 atom stereocenters. The molecule has 3 rings (SSSR count). The van der Waals surface area contributed by atoms with Crippen LogP contribution in [0.2, 0.25) is 0 Å². The fourth-order valence-corrected chi connectivity index (χ4v) is 2.53. The molecule has 1 N–H and O–H groups in total. The zero-order valence-corrected chi connectivity index (χ0v) is 11.1. The van der Waals surface area contributed by atoms with Crippen molar-refractivity contribution >= 4 is 17.6 Å². The molecule has 1 amide bonds. The van der Waals surface area contributed by atoms with Gasteiger partial charge in [0.05, 0.1) is 23.9 Å². The lowest BCUT2D eigenvalue weighted by atomic mass is 9.92. The van der Waals surface area contributed by atoms with E-state index in [1.807, 2.05) is 24.3 Å². The number of para-hydroxylation sites is 1. The first-order chi connectivity index (χ1) is 10.2. The zero-order valence-electron chi connectivity index (χ0n) is 11.1. The van der Waals surface area contributed by atoms with Crippen LogP contribution in [0.25, 0.3) is 0 Å². The second-order valence-corrected chi connectivity index (χ2v) is 4.91. The molecule has 106 valence electrons. The van der Waals surface area contributed by atoms with Crippen LogP contribution in [0.15, 0.2) is 42.7 Å². The minimum Gasteiger partial charge on any atom is -0.481 e. The molecule has 1 aromatic carbocycles. The molecule has 2 heterocycles. The van der Waals surface area contributed by atoms with Crippen molar-refractivity contribution in [3.63, 3.8) is 0 Å². The van der Waals surface area contributed by atoms with Crippen molar-refractivity contribution in [2.45, 2.75) is 6.42 Å². The molecule has 0 aliphatic carbocycles. The van der Waals surface area contributed by atoms with Gasteiger partial charge in [-0.05, 0) is 24.1 Å². The molecule has 0 saturated heterocycles. The predicted molar refractivity (Wildman–Crippen MR) is 75.0 cm³/mol. The van der Waals surface area contributed by atoms with Crippen LogP contribution >= 0.6 is 0 Å². The molecule has 0 fully saturated rings. The molecule has 0 spiro atoms. The first-order valence-corrected chi connectivity index (χ1v) is 6.56. The summed E-state index contributed by atoms with van der Waals surface area (Å²) in [5, 5.41) is 16.6. The quantitative estimate of drug-likeness (QED) is 0.900. The highest BCUT2D eigenvalue weighted by Gasteiger charge is 2.32. The standard InChI is InChI=1S/C15H13N3O3/c19-14(11-5-6-16-17-8-11)18-9-12(15(20)21)7-10-3-1-2-4-13(10)18/h1-6,8,12H,7,9H2,(H,20,21). The molecule has 6 nitrogen and oxygen atoms in total. The largest absolute Gasteiger partial charge is 0.481 e. The third kappa shape index (κ3) is 2.47. The van der Waals surface area contributed by atoms with Crippen LogP contribution in [0.5, 0.6) is 0 Å². The highest BCUT2D eigenvalue weighted by molar-refractivity contribution is 6.07. The van der Waals surface area contributed by atoms with Crippen molar-refractivity contribution < 1.29 is 14.7 Å². The summed E-state index contributed by atoms with van der Waals surface area (Å²) in [5.41, 5.74) is 2.02. The molecule has 1 aromatic heterocycles. The van der Waals surface area contributed by atoms with E-state index in [0.717, 1.165) is 11.3 Å². The maximum absolute atomic E-state index is 12.6. The van der Waals surface area contributed by atoms with Gasteiger partial charge in [-0.2, -0.15) is 10.2 Å². The highest BCUT2D eigenvalue weighted by Crippen LogP contribution is 2.30. The Balaban J connectivity index is 2.00. The number of carbonyl (C=O) groups is 2. The van der Waals surface area contributed by atoms with E-state index in [1.165, 1.54) is 17.3 Å². The lowest BCUT2D eigenvalue weighted by Gasteiger charge is -2.32. The van der Waals surface area contributed by atoms with E-state index in [2.05, 4.69) is 10.2 Å². The fraction of sp³-hybridized carbons (Fsp3) is 0.200. The van der Waals surface area contributed by atoms with Crippen molar-refractivity contribution in [3.8, 4) is 0 Å². The molecule has 1 aliphatic rings. The van der Waals surface area contributed by atoms with E-state index in [4.69, 9.17) is 0 Å². The van der Waals surface area contributed by atoms with Gasteiger partial charge in [0.2, 0.25) is 0 Å². The number of hydrogen-bond acceptors (Lipinski definition) is 4. The second kappa shape index (κ2) is 5.32. The lowest BCUT2D eigenvalue weighted by molar-refractivity contribution is -0.141. The normalized spacial score (nSPS) is 17.1. The van der Waals surface area contributed by atoms with Gasteiger partial charge in [0.15, 0.2) is 0 Å². The second-order valence-electron chi connectivity index (χ2n) is 4.91. The Labute approximate surface area is 121 Å². The maximum Gasteiger partial charge on any atom is 0.308 e. The van der Waals surface area contributed by atoms with Crippen LogP contribution in [0.3, 0.4) is 0 Å². The van der Waals surface area contributed by atoms with Gasteiger partial charge in [0.1, 0.15) is 0 Å². The third-order valence-corrected chi connectivity index (χ3v) is 3.58. The topological polar surface area (TPSA) is 83.4 Å². The van der Waals surface area contributed by atoms with Crippen LogP contribution in [0.4, 0.5) is 5.69 Å². The number of benzene rings is 1. The predicted octanol–water partition coefficient (Wildman–Crippen LogP) is 1.38. The van der Waals surface area contributed by atoms with E-state index >= 15 is 0 Å². The smallest absolute Gasteiger partial charge is 0.308 e. The number of aromatic nitrogens is 2. The summed E-state index contributed by atoms with van der Waals surface area (Å²) in [6.07, 6.45) is 3.26. The van der Waals surface area contributed by atoms with Gasteiger partial charge in [-0.3, -0.25) is 9.59 Å². The lowest BCUT2D eigenvalue weighted by Crippen LogP contribution is -2.42. The van der Waals surface area contributed by atoms with Crippen molar-refractivity contribution in [2.24, 2.45) is 5.92 Å². The van der Waals surface area contributed by atoms with Crippen molar-refractivity contribution in [1.29, 1.82) is 0 Å². The minimum atomic E-state index is -0.893. The van der Waals surface area contributed by atoms with Crippen LogP contribution in [0.1, 0.15) is 15.9 Å². The summed E-state index contributed by atoms with van der Waals surface area (Å²) in [6, 6.07) is 8.95. The SMILES string of the molecule is O=C(O)C1Cc2ccccc2N(C(=O)c2ccnnc2)C1. The molecule has 21 heavy (non-hydrogen) atoms. The van der Waals surface area contributed by atoms with E-state index in [-0.39, 0.29) is 12.5 Å². The number of carboxylic acids is 1. The monoisotopic (exact) mass is 283 g/mol. The van der Waals surface area contributed by atoms with Crippen LogP contribution in [-0.2, 0) is 11.2 Å².